The molecule has 0 aromatic heterocycles. The van der Waals surface area contributed by atoms with Crippen molar-refractivity contribution >= 4 is 24.5 Å². The molecule has 0 bridgehead atoms. The molecule has 0 saturated heterocycles. The van der Waals surface area contributed by atoms with Crippen LogP contribution in [0.1, 0.15) is 98.6 Å². The van der Waals surface area contributed by atoms with Crippen LogP contribution in [-0.2, 0) is 14.2 Å². The molecule has 6 heteroatoms. The molecule has 0 aliphatic heterocycles. The fraction of sp³-hybridized carbons (Fsp3) is 0.750. The van der Waals surface area contributed by atoms with Gasteiger partial charge in [-0.1, -0.05) is 0 Å². The molecule has 0 radical (unpaired) electrons. The maximum absolute atomic E-state index is 12.6. The van der Waals surface area contributed by atoms with Crippen molar-refractivity contribution in [3.05, 3.63) is 35.9 Å². The summed E-state index contributed by atoms with van der Waals surface area (Å²) < 4.78 is 22.5. The van der Waals surface area contributed by atoms with Gasteiger partial charge in [0, 0.05) is 0 Å². The molecule has 5 nitrogen and oxygen atoms in total. The summed E-state index contributed by atoms with van der Waals surface area (Å²) in [6, 6.07) is 9.75. The minimum atomic E-state index is -2.78. The van der Waals surface area contributed by atoms with Crippen molar-refractivity contribution in [2.75, 3.05) is 13.2 Å². The predicted octanol–water partition coefficient (Wildman–Crippen LogP) is 8.02. The second kappa shape index (κ2) is 16.8. The molecular weight excluding hydrogens is 533 g/mol. The Morgan fingerprint density at radius 2 is 1.41 bits per heavy atom. The van der Waals surface area contributed by atoms with Gasteiger partial charge in [-0.3, -0.25) is 0 Å². The van der Waals surface area contributed by atoms with Crippen LogP contribution in [0.2, 0.25) is 13.3 Å². The van der Waals surface area contributed by atoms with Gasteiger partial charge in [0.2, 0.25) is 0 Å². The number of amides is 1. The SMILES string of the molecule is CCC[CH2][Sn]([CH2]CCC)([CH2]CCC)[CH](OCC)OC[C@@H](NC(=O)OC(C)(C)C)c1ccccc1. The second-order valence-corrected chi connectivity index (χ2v) is 23.8. The van der Waals surface area contributed by atoms with Crippen LogP contribution in [-0.4, -0.2) is 47.6 Å². The van der Waals surface area contributed by atoms with Gasteiger partial charge in [0.05, 0.1) is 0 Å². The molecule has 0 spiro atoms. The summed E-state index contributed by atoms with van der Waals surface area (Å²) >= 11 is -2.78. The Kier molecular flexibility index (Phi) is 15.4. The van der Waals surface area contributed by atoms with Gasteiger partial charge in [0.25, 0.3) is 0 Å². The van der Waals surface area contributed by atoms with E-state index in [0.29, 0.717) is 13.2 Å². The Balaban J connectivity index is 3.15. The first-order chi connectivity index (χ1) is 16.2. The zero-order valence-electron chi connectivity index (χ0n) is 23.0. The van der Waals surface area contributed by atoms with Gasteiger partial charge >= 0.3 is 214 Å². The first kappa shape index (κ1) is 31.2. The molecule has 1 rings (SSSR count). The van der Waals surface area contributed by atoms with Gasteiger partial charge in [-0.05, 0) is 0 Å². The molecule has 1 amide bonds. The standard InChI is InChI=1S/C16H24NO4.3C4H9.Sn/c1-5-19-12-20-11-14(13-9-7-6-8-10-13)17-15(18)21-16(2,3)4;3*1-3-4-2;/h6-10,12,14H,5,11H2,1-4H3,(H,17,18);3*1,3-4H2,2H3;/t14-;;;;/m1..../s1. The van der Waals surface area contributed by atoms with Gasteiger partial charge in [0.1, 0.15) is 0 Å². The maximum atomic E-state index is 12.6. The normalized spacial score (nSPS) is 14.0. The number of carbonyl (C=O) groups excluding carboxylic acids is 1. The number of unbranched alkanes of at least 4 members (excludes halogenated alkanes) is 3. The van der Waals surface area contributed by atoms with E-state index in [4.69, 9.17) is 14.2 Å². The fourth-order valence-corrected chi connectivity index (χ4v) is 20.4. The number of ether oxygens (including phenoxy) is 3. The number of carbonyl (C=O) groups is 1. The van der Waals surface area contributed by atoms with Crippen LogP contribution in [0.15, 0.2) is 30.3 Å². The minimum absolute atomic E-state index is 0.0874. The average molecular weight is 584 g/mol. The quantitative estimate of drug-likeness (QED) is 0.149. The molecule has 1 unspecified atom stereocenters. The molecule has 1 aromatic rings. The third kappa shape index (κ3) is 11.8. The van der Waals surface area contributed by atoms with Gasteiger partial charge in [-0.15, -0.1) is 0 Å². The summed E-state index contributed by atoms with van der Waals surface area (Å²) in [4.78, 5) is 12.6. The molecule has 0 aliphatic rings. The van der Waals surface area contributed by atoms with E-state index in [1.165, 1.54) is 51.8 Å². The van der Waals surface area contributed by atoms with Crippen LogP contribution in [0.5, 0.6) is 0 Å². The summed E-state index contributed by atoms with van der Waals surface area (Å²) in [6.45, 7) is 15.6. The molecule has 0 fully saturated rings. The summed E-state index contributed by atoms with van der Waals surface area (Å²) in [7, 11) is 0. The van der Waals surface area contributed by atoms with Gasteiger partial charge < -0.3 is 0 Å². The molecule has 2 atom stereocenters. The Morgan fingerprint density at radius 1 is 0.882 bits per heavy atom. The average Bonchev–Trinajstić information content (AvgIpc) is 2.80. The molecule has 0 heterocycles. The van der Waals surface area contributed by atoms with Crippen molar-refractivity contribution in [1.82, 2.24) is 5.32 Å². The Bertz CT molecular complexity index is 640. The van der Waals surface area contributed by atoms with Crippen molar-refractivity contribution in [3.8, 4) is 0 Å². The monoisotopic (exact) mass is 585 g/mol. The van der Waals surface area contributed by atoms with Crippen molar-refractivity contribution in [2.45, 2.75) is 116 Å². The third-order valence-corrected chi connectivity index (χ3v) is 21.6. The van der Waals surface area contributed by atoms with E-state index in [9.17, 15) is 4.79 Å². The van der Waals surface area contributed by atoms with Crippen LogP contribution in [0, 0.1) is 0 Å². The molecule has 0 aliphatic carbocycles. The Labute approximate surface area is 213 Å². The van der Waals surface area contributed by atoms with E-state index in [-0.39, 0.29) is 10.3 Å². The van der Waals surface area contributed by atoms with Crippen LogP contribution < -0.4 is 5.32 Å². The van der Waals surface area contributed by atoms with Crippen molar-refractivity contribution in [3.63, 3.8) is 0 Å². The van der Waals surface area contributed by atoms with Gasteiger partial charge in [-0.25, -0.2) is 0 Å². The van der Waals surface area contributed by atoms with Crippen LogP contribution in [0.25, 0.3) is 0 Å². The number of hydrogen-bond donors (Lipinski definition) is 1. The molecule has 1 N–H and O–H groups in total. The van der Waals surface area contributed by atoms with E-state index in [0.717, 1.165) is 5.56 Å². The summed E-state index contributed by atoms with van der Waals surface area (Å²) in [5.41, 5.74) is 0.464. The number of hydrogen-bond acceptors (Lipinski definition) is 4. The topological polar surface area (TPSA) is 56.8 Å². The Morgan fingerprint density at radius 3 is 1.85 bits per heavy atom. The Hall–Kier alpha value is -0.791. The second-order valence-electron chi connectivity index (χ2n) is 10.4. The van der Waals surface area contributed by atoms with Crippen LogP contribution in [0.4, 0.5) is 4.79 Å². The number of rotatable bonds is 17. The van der Waals surface area contributed by atoms with Gasteiger partial charge in [-0.2, -0.15) is 0 Å². The summed E-state index contributed by atoms with van der Waals surface area (Å²) in [6.07, 6.45) is 6.99. The number of benzene rings is 1. The van der Waals surface area contributed by atoms with E-state index < -0.39 is 30.1 Å². The van der Waals surface area contributed by atoms with E-state index in [1.807, 2.05) is 51.1 Å². The number of nitrogens with one attached hydrogen (secondary N) is 1. The fourth-order valence-electron chi connectivity index (χ4n) is 4.41. The summed E-state index contributed by atoms with van der Waals surface area (Å²) in [5.74, 6) is 0. The van der Waals surface area contributed by atoms with E-state index in [2.05, 4.69) is 33.0 Å². The molecule has 34 heavy (non-hydrogen) atoms. The van der Waals surface area contributed by atoms with Crippen molar-refractivity contribution in [1.29, 1.82) is 0 Å². The van der Waals surface area contributed by atoms with Crippen LogP contribution >= 0.6 is 0 Å². The van der Waals surface area contributed by atoms with E-state index >= 15 is 0 Å². The third-order valence-electron chi connectivity index (χ3n) is 6.21. The zero-order chi connectivity index (χ0) is 25.5. The predicted molar refractivity (Wildman–Crippen MR) is 145 cm³/mol. The van der Waals surface area contributed by atoms with Crippen molar-refractivity contribution < 1.29 is 19.0 Å². The number of alkyl carbamates (subject to hydrolysis) is 1. The van der Waals surface area contributed by atoms with E-state index in [1.54, 1.807) is 0 Å². The molecular formula is C28H51NO4Sn. The molecule has 196 valence electrons. The van der Waals surface area contributed by atoms with Gasteiger partial charge in [0.15, 0.2) is 0 Å². The molecule has 1 aromatic carbocycles. The summed E-state index contributed by atoms with van der Waals surface area (Å²) in [5, 5.41) is 3.05. The molecule has 0 saturated carbocycles. The first-order valence-electron chi connectivity index (χ1n) is 13.5. The van der Waals surface area contributed by atoms with Crippen molar-refractivity contribution in [2.24, 2.45) is 0 Å². The first-order valence-corrected chi connectivity index (χ1v) is 21.2. The van der Waals surface area contributed by atoms with Crippen LogP contribution in [0.3, 0.4) is 0 Å². The zero-order valence-corrected chi connectivity index (χ0v) is 25.8.